The molecule has 2 rings (SSSR count). The standard InChI is InChI=1S/C15H14FNOSe/c1-17(12-8-4-2-5-9-12)15(18)14(16)19-13-10-6-3-7-11-13/h2-11,14H,1H3. The van der Waals surface area contributed by atoms with Crippen LogP contribution in [0.1, 0.15) is 0 Å². The fraction of sp³-hybridized carbons (Fsp3) is 0.133. The number of para-hydroxylation sites is 1. The van der Waals surface area contributed by atoms with Crippen molar-refractivity contribution in [1.82, 2.24) is 0 Å². The van der Waals surface area contributed by atoms with E-state index >= 15 is 0 Å². The zero-order valence-corrected chi connectivity index (χ0v) is 12.2. The third kappa shape index (κ3) is 3.66. The number of hydrogen-bond acceptors (Lipinski definition) is 1. The average molecular weight is 322 g/mol. The van der Waals surface area contributed by atoms with Crippen LogP contribution in [0.3, 0.4) is 0 Å². The first-order valence-electron chi connectivity index (χ1n) is 5.87. The third-order valence-corrected chi connectivity index (χ3v) is 4.65. The van der Waals surface area contributed by atoms with E-state index in [1.165, 1.54) is 4.90 Å². The molecule has 0 spiro atoms. The quantitative estimate of drug-likeness (QED) is 0.788. The summed E-state index contributed by atoms with van der Waals surface area (Å²) in [5, 5.41) is -1.46. The van der Waals surface area contributed by atoms with Gasteiger partial charge in [0.15, 0.2) is 0 Å². The number of alkyl halides is 1. The second kappa shape index (κ2) is 6.50. The predicted molar refractivity (Wildman–Crippen MR) is 76.6 cm³/mol. The van der Waals surface area contributed by atoms with Crippen LogP contribution in [-0.4, -0.2) is 33.0 Å². The van der Waals surface area contributed by atoms with Gasteiger partial charge in [-0.25, -0.2) is 0 Å². The van der Waals surface area contributed by atoms with E-state index in [1.807, 2.05) is 48.5 Å². The molecule has 2 nitrogen and oxygen atoms in total. The number of hydrogen-bond donors (Lipinski definition) is 0. The van der Waals surface area contributed by atoms with Crippen LogP contribution in [-0.2, 0) is 4.79 Å². The first-order valence-corrected chi connectivity index (χ1v) is 7.71. The van der Waals surface area contributed by atoms with E-state index in [0.29, 0.717) is 5.69 Å². The van der Waals surface area contributed by atoms with E-state index in [1.54, 1.807) is 19.2 Å². The summed E-state index contributed by atoms with van der Waals surface area (Å²) in [4.78, 5) is 13.4. The summed E-state index contributed by atoms with van der Waals surface area (Å²) in [6.45, 7) is 0. The zero-order chi connectivity index (χ0) is 13.7. The van der Waals surface area contributed by atoms with Crippen molar-refractivity contribution in [3.63, 3.8) is 0 Å². The Morgan fingerprint density at radius 2 is 1.58 bits per heavy atom. The Hall–Kier alpha value is -1.64. The fourth-order valence-electron chi connectivity index (χ4n) is 1.60. The van der Waals surface area contributed by atoms with Crippen molar-refractivity contribution in [2.24, 2.45) is 0 Å². The molecule has 0 aliphatic carbocycles. The summed E-state index contributed by atoms with van der Waals surface area (Å²) in [6.07, 6.45) is 0. The Bertz CT molecular complexity index is 532. The van der Waals surface area contributed by atoms with Gasteiger partial charge in [-0.3, -0.25) is 0 Å². The van der Waals surface area contributed by atoms with Crippen LogP contribution in [0.2, 0.25) is 0 Å². The fourth-order valence-corrected chi connectivity index (χ4v) is 3.30. The van der Waals surface area contributed by atoms with E-state index in [9.17, 15) is 9.18 Å². The second-order valence-electron chi connectivity index (χ2n) is 3.98. The normalized spacial score (nSPS) is 11.9. The Labute approximate surface area is 118 Å². The molecule has 0 aliphatic rings. The summed E-state index contributed by atoms with van der Waals surface area (Å²) >= 11 is -0.499. The molecule has 2 aromatic rings. The molecule has 1 unspecified atom stereocenters. The molecule has 0 heterocycles. The molecule has 0 bridgehead atoms. The molecule has 0 N–H and O–H groups in total. The van der Waals surface area contributed by atoms with Gasteiger partial charge < -0.3 is 0 Å². The van der Waals surface area contributed by atoms with Crippen molar-refractivity contribution in [2.45, 2.75) is 5.07 Å². The van der Waals surface area contributed by atoms with Gasteiger partial charge in [0.2, 0.25) is 0 Å². The van der Waals surface area contributed by atoms with Crippen LogP contribution >= 0.6 is 0 Å². The Morgan fingerprint density at radius 1 is 1.05 bits per heavy atom. The van der Waals surface area contributed by atoms with Crippen molar-refractivity contribution in [3.8, 4) is 0 Å². The van der Waals surface area contributed by atoms with Gasteiger partial charge >= 0.3 is 118 Å². The number of rotatable bonds is 4. The molecule has 2 aromatic carbocycles. The maximum absolute atomic E-state index is 14.1. The zero-order valence-electron chi connectivity index (χ0n) is 10.5. The number of anilines is 1. The Kier molecular flexibility index (Phi) is 4.72. The number of benzene rings is 2. The minimum atomic E-state index is -1.46. The van der Waals surface area contributed by atoms with Gasteiger partial charge in [0, 0.05) is 0 Å². The van der Waals surface area contributed by atoms with Gasteiger partial charge in [-0.15, -0.1) is 0 Å². The van der Waals surface area contributed by atoms with Crippen molar-refractivity contribution in [3.05, 3.63) is 60.7 Å². The second-order valence-corrected chi connectivity index (χ2v) is 6.33. The van der Waals surface area contributed by atoms with Gasteiger partial charge in [-0.05, 0) is 0 Å². The monoisotopic (exact) mass is 323 g/mol. The predicted octanol–water partition coefficient (Wildman–Crippen LogP) is 1.97. The minimum absolute atomic E-state index is 0.491. The van der Waals surface area contributed by atoms with Crippen LogP contribution in [0.5, 0.6) is 0 Å². The van der Waals surface area contributed by atoms with Gasteiger partial charge in [-0.2, -0.15) is 0 Å². The molecule has 0 saturated carbocycles. The topological polar surface area (TPSA) is 20.3 Å². The summed E-state index contributed by atoms with van der Waals surface area (Å²) < 4.78 is 14.9. The molecule has 0 aromatic heterocycles. The van der Waals surface area contributed by atoms with Crippen LogP contribution in [0.15, 0.2) is 60.7 Å². The molecule has 4 heteroatoms. The van der Waals surface area contributed by atoms with E-state index in [4.69, 9.17) is 0 Å². The number of amides is 1. The van der Waals surface area contributed by atoms with Crippen LogP contribution in [0, 0.1) is 0 Å². The van der Waals surface area contributed by atoms with E-state index in [-0.39, 0.29) is 0 Å². The number of halogens is 1. The Morgan fingerprint density at radius 3 is 2.16 bits per heavy atom. The molecular formula is C15H14FNOSe. The van der Waals surface area contributed by atoms with E-state index in [0.717, 1.165) is 4.46 Å². The molecule has 19 heavy (non-hydrogen) atoms. The van der Waals surface area contributed by atoms with E-state index in [2.05, 4.69) is 0 Å². The Balaban J connectivity index is 2.03. The van der Waals surface area contributed by atoms with Crippen molar-refractivity contribution < 1.29 is 9.18 Å². The van der Waals surface area contributed by atoms with Gasteiger partial charge in [0.1, 0.15) is 0 Å². The number of carbonyl (C=O) groups is 1. The van der Waals surface area contributed by atoms with Gasteiger partial charge in [-0.1, -0.05) is 0 Å². The molecule has 0 fully saturated rings. The van der Waals surface area contributed by atoms with Crippen LogP contribution in [0.4, 0.5) is 10.1 Å². The molecule has 0 aliphatic heterocycles. The molecule has 98 valence electrons. The first-order chi connectivity index (χ1) is 9.18. The molecule has 0 saturated heterocycles. The summed E-state index contributed by atoms with van der Waals surface area (Å²) in [6, 6.07) is 18.4. The van der Waals surface area contributed by atoms with Crippen LogP contribution in [0.25, 0.3) is 0 Å². The molecule has 1 amide bonds. The summed E-state index contributed by atoms with van der Waals surface area (Å²) in [7, 11) is 1.60. The first kappa shape index (κ1) is 13.8. The summed E-state index contributed by atoms with van der Waals surface area (Å²) in [5.74, 6) is -0.491. The number of nitrogens with zero attached hydrogens (tertiary/aromatic N) is 1. The molecular weight excluding hydrogens is 308 g/mol. The van der Waals surface area contributed by atoms with E-state index < -0.39 is 25.9 Å². The van der Waals surface area contributed by atoms with Crippen LogP contribution < -0.4 is 9.36 Å². The average Bonchev–Trinajstić information content (AvgIpc) is 2.47. The maximum atomic E-state index is 14.1. The summed E-state index contributed by atoms with van der Waals surface area (Å²) in [5.41, 5.74) is 0.707. The SMILES string of the molecule is CN(C(=O)C(F)[Se]c1ccccc1)c1ccccc1. The van der Waals surface area contributed by atoms with Gasteiger partial charge in [0.25, 0.3) is 0 Å². The van der Waals surface area contributed by atoms with Crippen molar-refractivity contribution in [1.29, 1.82) is 0 Å². The van der Waals surface area contributed by atoms with Crippen molar-refractivity contribution >= 4 is 31.0 Å². The van der Waals surface area contributed by atoms with Crippen molar-refractivity contribution in [2.75, 3.05) is 11.9 Å². The number of carbonyl (C=O) groups excluding carboxylic acids is 1. The third-order valence-electron chi connectivity index (χ3n) is 2.65. The molecule has 1 atom stereocenters. The molecule has 0 radical (unpaired) electrons. The van der Waals surface area contributed by atoms with Gasteiger partial charge in [0.05, 0.1) is 0 Å².